The topological polar surface area (TPSA) is 102 Å². The monoisotopic (exact) mass is 619 g/mol. The summed E-state index contributed by atoms with van der Waals surface area (Å²) in [6.07, 6.45) is 0.613. The van der Waals surface area contributed by atoms with Crippen LogP contribution in [0.1, 0.15) is 74.9 Å². The predicted molar refractivity (Wildman–Crippen MR) is 150 cm³/mol. The number of ether oxygens (including phenoxy) is 1. The van der Waals surface area contributed by atoms with Gasteiger partial charge in [-0.05, 0) is 61.5 Å². The zero-order valence-electron chi connectivity index (χ0n) is 24.9. The number of carbonyl (C=O) groups excluding carboxylic acids is 1. The van der Waals surface area contributed by atoms with E-state index in [1.54, 1.807) is 6.07 Å². The molecule has 1 saturated heterocycles. The molecule has 0 radical (unpaired) electrons. The van der Waals surface area contributed by atoms with Gasteiger partial charge in [0.1, 0.15) is 17.4 Å². The van der Waals surface area contributed by atoms with Crippen molar-refractivity contribution in [3.05, 3.63) is 47.1 Å². The zero-order chi connectivity index (χ0) is 31.0. The Morgan fingerprint density at radius 1 is 1.14 bits per heavy atom. The van der Waals surface area contributed by atoms with Gasteiger partial charge >= 0.3 is 12.2 Å². The molecule has 4 heterocycles. The number of carbonyl (C=O) groups is 1. The van der Waals surface area contributed by atoms with Crippen molar-refractivity contribution in [3.63, 3.8) is 0 Å². The summed E-state index contributed by atoms with van der Waals surface area (Å²) in [5, 5.41) is 7.55. The van der Waals surface area contributed by atoms with E-state index in [1.807, 2.05) is 0 Å². The largest absolute Gasteiger partial charge is 0.493 e. The van der Waals surface area contributed by atoms with Crippen LogP contribution in [0.25, 0.3) is 0 Å². The second-order valence-electron chi connectivity index (χ2n) is 12.4. The van der Waals surface area contributed by atoms with Crippen molar-refractivity contribution in [1.29, 1.82) is 0 Å². The highest BCUT2D eigenvalue weighted by atomic mass is 19.4. The highest BCUT2D eigenvalue weighted by molar-refractivity contribution is 5.79. The minimum absolute atomic E-state index is 0.0598. The number of benzene rings is 1. The lowest BCUT2D eigenvalue weighted by Gasteiger charge is -2.30. The third kappa shape index (κ3) is 6.83. The van der Waals surface area contributed by atoms with Crippen LogP contribution in [0.3, 0.4) is 0 Å². The first-order chi connectivity index (χ1) is 21.0. The third-order valence-electron chi connectivity index (χ3n) is 8.96. The summed E-state index contributed by atoms with van der Waals surface area (Å²) >= 11 is 0. The second kappa shape index (κ2) is 12.4. The number of aromatic nitrogens is 5. The van der Waals surface area contributed by atoms with Crippen LogP contribution in [0.5, 0.6) is 5.75 Å². The first kappa shape index (κ1) is 30.3. The molecule has 1 saturated carbocycles. The standard InChI is InChI=1S/C30H37F4N7O3/c1-18(2)27-36-29(44-38-27)39-9-7-19(8-10-39)23-14-20(23)4-3-13-43-22-6-5-21(24(31)16-22)15-26(42)40-11-12-41-25(17-40)35-28(37-41)30(32,33)34/h5-6,16,18-20,23H,3-4,7-15,17H2,1-2H3. The van der Waals surface area contributed by atoms with Gasteiger partial charge in [0.05, 0.1) is 26.1 Å². The Morgan fingerprint density at radius 3 is 2.64 bits per heavy atom. The fourth-order valence-corrected chi connectivity index (χ4v) is 6.33. The average molecular weight is 620 g/mol. The molecule has 10 nitrogen and oxygen atoms in total. The second-order valence-corrected chi connectivity index (χ2v) is 12.4. The van der Waals surface area contributed by atoms with Gasteiger partial charge in [0.15, 0.2) is 5.82 Å². The van der Waals surface area contributed by atoms with E-state index in [0.717, 1.165) is 61.1 Å². The SMILES string of the molecule is CC(C)c1noc(N2CCC(C3CC3CCCOc3ccc(CC(=O)N4CCn5nc(C(F)(F)F)nc5C4)c(F)c3)CC2)n1. The number of alkyl halides is 3. The predicted octanol–water partition coefficient (Wildman–Crippen LogP) is 5.24. The summed E-state index contributed by atoms with van der Waals surface area (Å²) in [5.74, 6) is 1.48. The first-order valence-corrected chi connectivity index (χ1v) is 15.3. The van der Waals surface area contributed by atoms with Crippen LogP contribution in [0.15, 0.2) is 22.7 Å². The molecule has 2 unspecified atom stereocenters. The summed E-state index contributed by atoms with van der Waals surface area (Å²) < 4.78 is 66.0. The molecular formula is C30H37F4N7O3. The Bertz CT molecular complexity index is 1460. The van der Waals surface area contributed by atoms with Gasteiger partial charge in [-0.2, -0.15) is 18.2 Å². The molecule has 0 N–H and O–H groups in total. The highest BCUT2D eigenvalue weighted by Gasteiger charge is 2.43. The van der Waals surface area contributed by atoms with Crippen molar-refractivity contribution in [1.82, 2.24) is 29.8 Å². The first-order valence-electron chi connectivity index (χ1n) is 15.3. The molecular weight excluding hydrogens is 582 g/mol. The number of nitrogens with zero attached hydrogens (tertiary/aromatic N) is 7. The molecule has 0 spiro atoms. The number of halogens is 4. The van der Waals surface area contributed by atoms with Crippen molar-refractivity contribution < 1.29 is 31.6 Å². The van der Waals surface area contributed by atoms with Crippen molar-refractivity contribution >= 4 is 11.9 Å². The molecule has 2 fully saturated rings. The molecule has 238 valence electrons. The van der Waals surface area contributed by atoms with E-state index >= 15 is 0 Å². The maximum Gasteiger partial charge on any atom is 0.453 e. The summed E-state index contributed by atoms with van der Waals surface area (Å²) in [4.78, 5) is 24.4. The summed E-state index contributed by atoms with van der Waals surface area (Å²) in [5.41, 5.74) is 0.205. The van der Waals surface area contributed by atoms with Crippen LogP contribution < -0.4 is 9.64 Å². The number of rotatable bonds is 10. The van der Waals surface area contributed by atoms with Gasteiger partial charge in [0.25, 0.3) is 5.82 Å². The average Bonchev–Trinajstić information content (AvgIpc) is 3.37. The molecule has 1 aromatic carbocycles. The van der Waals surface area contributed by atoms with E-state index in [9.17, 15) is 22.4 Å². The molecule has 14 heteroatoms. The van der Waals surface area contributed by atoms with Crippen molar-refractivity contribution in [2.75, 3.05) is 31.1 Å². The number of hydrogen-bond donors (Lipinski definition) is 0. The Hall–Kier alpha value is -3.71. The van der Waals surface area contributed by atoms with Gasteiger partial charge in [0, 0.05) is 31.6 Å². The van der Waals surface area contributed by atoms with Crippen LogP contribution in [0, 0.1) is 23.6 Å². The molecule has 6 rings (SSSR count). The van der Waals surface area contributed by atoms with Crippen molar-refractivity contribution in [3.8, 4) is 5.75 Å². The van der Waals surface area contributed by atoms with Crippen LogP contribution in [-0.4, -0.2) is 62.0 Å². The van der Waals surface area contributed by atoms with Gasteiger partial charge in [-0.25, -0.2) is 14.1 Å². The number of amides is 1. The van der Waals surface area contributed by atoms with Crippen LogP contribution in [-0.2, 0) is 30.5 Å². The zero-order valence-corrected chi connectivity index (χ0v) is 24.9. The van der Waals surface area contributed by atoms with E-state index < -0.39 is 17.8 Å². The lowest BCUT2D eigenvalue weighted by Crippen LogP contribution is -2.39. The molecule has 0 bridgehead atoms. The van der Waals surface area contributed by atoms with E-state index in [0.29, 0.717) is 24.3 Å². The molecule has 1 aliphatic carbocycles. The van der Waals surface area contributed by atoms with Gasteiger partial charge in [-0.15, -0.1) is 5.10 Å². The molecule has 1 amide bonds. The van der Waals surface area contributed by atoms with Crippen molar-refractivity contribution in [2.24, 2.45) is 17.8 Å². The van der Waals surface area contributed by atoms with E-state index in [-0.39, 0.29) is 49.3 Å². The van der Waals surface area contributed by atoms with E-state index in [4.69, 9.17) is 9.26 Å². The smallest absolute Gasteiger partial charge is 0.453 e. The Labute approximate surface area is 252 Å². The van der Waals surface area contributed by atoms with E-state index in [2.05, 4.69) is 39.0 Å². The summed E-state index contributed by atoms with van der Waals surface area (Å²) in [6, 6.07) is 5.09. The number of anilines is 1. The van der Waals surface area contributed by atoms with E-state index in [1.165, 1.54) is 23.5 Å². The third-order valence-corrected chi connectivity index (χ3v) is 8.96. The molecule has 2 aromatic heterocycles. The van der Waals surface area contributed by atoms with Crippen molar-refractivity contribution in [2.45, 2.75) is 77.6 Å². The minimum atomic E-state index is -4.65. The van der Waals surface area contributed by atoms with Gasteiger partial charge < -0.3 is 19.1 Å². The number of fused-ring (bicyclic) bond motifs is 1. The number of hydrogen-bond acceptors (Lipinski definition) is 8. The lowest BCUT2D eigenvalue weighted by atomic mass is 9.90. The Kier molecular flexibility index (Phi) is 8.51. The maximum atomic E-state index is 14.8. The molecule has 44 heavy (non-hydrogen) atoms. The van der Waals surface area contributed by atoms with Crippen LogP contribution in [0.2, 0.25) is 0 Å². The Morgan fingerprint density at radius 2 is 1.93 bits per heavy atom. The van der Waals surface area contributed by atoms with Crippen LogP contribution in [0.4, 0.5) is 23.6 Å². The van der Waals surface area contributed by atoms with Gasteiger partial charge in [-0.1, -0.05) is 25.1 Å². The molecule has 3 aromatic rings. The van der Waals surface area contributed by atoms with Crippen LogP contribution >= 0.6 is 0 Å². The fourth-order valence-electron chi connectivity index (χ4n) is 6.33. The minimum Gasteiger partial charge on any atom is -0.493 e. The Balaban J connectivity index is 0.898. The maximum absolute atomic E-state index is 14.8. The fraction of sp³-hybridized carbons (Fsp3) is 0.633. The highest BCUT2D eigenvalue weighted by Crippen LogP contribution is 2.50. The molecule has 2 aliphatic heterocycles. The van der Waals surface area contributed by atoms with Gasteiger partial charge in [0.2, 0.25) is 5.91 Å². The summed E-state index contributed by atoms with van der Waals surface area (Å²) in [7, 11) is 0. The quantitative estimate of drug-likeness (QED) is 0.224. The summed E-state index contributed by atoms with van der Waals surface area (Å²) in [6.45, 7) is 6.64. The molecule has 2 atom stereocenters. The lowest BCUT2D eigenvalue weighted by molar-refractivity contribution is -0.145. The van der Waals surface area contributed by atoms with Gasteiger partial charge in [-0.3, -0.25) is 4.79 Å². The normalized spacial score (nSPS) is 20.7. The number of piperidine rings is 1. The molecule has 3 aliphatic rings.